The van der Waals surface area contributed by atoms with Crippen LogP contribution in [0.5, 0.6) is 0 Å². The number of hydrogen-bond acceptors (Lipinski definition) is 5. The zero-order valence-electron chi connectivity index (χ0n) is 18.4. The van der Waals surface area contributed by atoms with E-state index in [9.17, 15) is 13.2 Å². The number of carbonyl (C=O) groups excluding carboxylic acids is 1. The van der Waals surface area contributed by atoms with Crippen LogP contribution in [0.1, 0.15) is 42.6 Å². The summed E-state index contributed by atoms with van der Waals surface area (Å²) in [5.41, 5.74) is 3.11. The molecular formula is C23H31N3O3S2. The molecule has 0 aromatic heterocycles. The Morgan fingerprint density at radius 1 is 1.06 bits per heavy atom. The van der Waals surface area contributed by atoms with E-state index in [0.717, 1.165) is 42.9 Å². The second kappa shape index (κ2) is 10.5. The number of thioether (sulfide) groups is 1. The van der Waals surface area contributed by atoms with E-state index in [2.05, 4.69) is 10.2 Å². The Balaban J connectivity index is 1.94. The SMILES string of the molecule is CCN(CC)S(=O)(=O)c1ccc(N2CCCC2)c(NC(=O)c2ccc(CSC)cc2)c1. The van der Waals surface area contributed by atoms with E-state index in [1.807, 2.05) is 50.4 Å². The maximum Gasteiger partial charge on any atom is 0.255 e. The van der Waals surface area contributed by atoms with Gasteiger partial charge in [0.05, 0.1) is 16.3 Å². The summed E-state index contributed by atoms with van der Waals surface area (Å²) >= 11 is 1.73. The van der Waals surface area contributed by atoms with Crippen molar-refractivity contribution < 1.29 is 13.2 Å². The molecule has 1 heterocycles. The second-order valence-corrected chi connectivity index (χ2v) is 10.4. The van der Waals surface area contributed by atoms with Crippen molar-refractivity contribution in [1.82, 2.24) is 4.31 Å². The van der Waals surface area contributed by atoms with Crippen LogP contribution in [-0.4, -0.2) is 51.1 Å². The first kappa shape index (κ1) is 23.6. The van der Waals surface area contributed by atoms with Crippen LogP contribution in [0.2, 0.25) is 0 Å². The molecule has 0 radical (unpaired) electrons. The minimum absolute atomic E-state index is 0.199. The first-order chi connectivity index (χ1) is 14.9. The first-order valence-corrected chi connectivity index (χ1v) is 13.5. The van der Waals surface area contributed by atoms with Gasteiger partial charge in [0.1, 0.15) is 0 Å². The molecule has 31 heavy (non-hydrogen) atoms. The van der Waals surface area contributed by atoms with Gasteiger partial charge < -0.3 is 10.2 Å². The lowest BCUT2D eigenvalue weighted by molar-refractivity contribution is 0.102. The molecule has 1 amide bonds. The van der Waals surface area contributed by atoms with Gasteiger partial charge in [0.15, 0.2) is 0 Å². The molecule has 8 heteroatoms. The van der Waals surface area contributed by atoms with Crippen LogP contribution >= 0.6 is 11.8 Å². The average Bonchev–Trinajstić information content (AvgIpc) is 3.30. The molecule has 2 aromatic rings. The summed E-state index contributed by atoms with van der Waals surface area (Å²) in [6.07, 6.45) is 4.22. The molecule has 1 aliphatic rings. The van der Waals surface area contributed by atoms with Crippen molar-refractivity contribution in [3.05, 3.63) is 53.6 Å². The lowest BCUT2D eigenvalue weighted by atomic mass is 10.1. The maximum absolute atomic E-state index is 13.0. The number of nitrogens with one attached hydrogen (secondary N) is 1. The molecule has 1 saturated heterocycles. The third kappa shape index (κ3) is 5.42. The van der Waals surface area contributed by atoms with Gasteiger partial charge in [-0.25, -0.2) is 8.42 Å². The van der Waals surface area contributed by atoms with E-state index < -0.39 is 10.0 Å². The Labute approximate surface area is 190 Å². The fraction of sp³-hybridized carbons (Fsp3) is 0.435. The number of nitrogens with zero attached hydrogens (tertiary/aromatic N) is 2. The summed E-state index contributed by atoms with van der Waals surface area (Å²) in [6.45, 7) is 6.24. The largest absolute Gasteiger partial charge is 0.370 e. The number of amides is 1. The van der Waals surface area contributed by atoms with Gasteiger partial charge in [0.25, 0.3) is 5.91 Å². The Hall–Kier alpha value is -2.03. The maximum atomic E-state index is 13.0. The van der Waals surface area contributed by atoms with Gasteiger partial charge in [-0.1, -0.05) is 26.0 Å². The standard InChI is InChI=1S/C23H31N3O3S2/c1-4-26(5-2)31(28,29)20-12-13-22(25-14-6-7-15-25)21(16-20)24-23(27)19-10-8-18(9-11-19)17-30-3/h8-13,16H,4-7,14-15,17H2,1-3H3,(H,24,27). The molecule has 0 atom stereocenters. The van der Waals surface area contributed by atoms with Crippen LogP contribution < -0.4 is 10.2 Å². The van der Waals surface area contributed by atoms with Crippen LogP contribution in [0.3, 0.4) is 0 Å². The quantitative estimate of drug-likeness (QED) is 0.598. The second-order valence-electron chi connectivity index (χ2n) is 7.55. The van der Waals surface area contributed by atoms with E-state index in [1.54, 1.807) is 23.9 Å². The number of rotatable bonds is 9. The van der Waals surface area contributed by atoms with Gasteiger partial charge in [-0.15, -0.1) is 0 Å². The molecular weight excluding hydrogens is 430 g/mol. The minimum atomic E-state index is -3.62. The van der Waals surface area contributed by atoms with E-state index in [0.29, 0.717) is 24.3 Å². The number of carbonyl (C=O) groups is 1. The van der Waals surface area contributed by atoms with Crippen molar-refractivity contribution >= 4 is 39.1 Å². The van der Waals surface area contributed by atoms with E-state index in [4.69, 9.17) is 0 Å². The molecule has 6 nitrogen and oxygen atoms in total. The minimum Gasteiger partial charge on any atom is -0.370 e. The summed E-state index contributed by atoms with van der Waals surface area (Å²) in [6, 6.07) is 12.6. The van der Waals surface area contributed by atoms with Crippen molar-refractivity contribution in [3.63, 3.8) is 0 Å². The highest BCUT2D eigenvalue weighted by molar-refractivity contribution is 7.97. The number of anilines is 2. The van der Waals surface area contributed by atoms with Crippen LogP contribution in [0.4, 0.5) is 11.4 Å². The Bertz CT molecular complexity index is 997. The van der Waals surface area contributed by atoms with E-state index in [1.165, 1.54) is 4.31 Å². The van der Waals surface area contributed by atoms with Gasteiger partial charge in [-0.2, -0.15) is 16.1 Å². The van der Waals surface area contributed by atoms with Crippen molar-refractivity contribution in [2.75, 3.05) is 42.7 Å². The number of hydrogen-bond donors (Lipinski definition) is 1. The van der Waals surface area contributed by atoms with Crippen LogP contribution in [0.15, 0.2) is 47.4 Å². The Morgan fingerprint density at radius 3 is 2.29 bits per heavy atom. The normalized spacial score (nSPS) is 14.3. The highest BCUT2D eigenvalue weighted by Crippen LogP contribution is 2.32. The van der Waals surface area contributed by atoms with Gasteiger partial charge in [-0.3, -0.25) is 4.79 Å². The smallest absolute Gasteiger partial charge is 0.255 e. The van der Waals surface area contributed by atoms with Crippen molar-refractivity contribution in [1.29, 1.82) is 0 Å². The average molecular weight is 462 g/mol. The molecule has 0 spiro atoms. The van der Waals surface area contributed by atoms with E-state index in [-0.39, 0.29) is 10.8 Å². The van der Waals surface area contributed by atoms with Gasteiger partial charge in [-0.05, 0) is 55.0 Å². The molecule has 0 bridgehead atoms. The molecule has 0 aliphatic carbocycles. The molecule has 1 N–H and O–H groups in total. The molecule has 1 fully saturated rings. The van der Waals surface area contributed by atoms with Crippen LogP contribution in [0, 0.1) is 0 Å². The van der Waals surface area contributed by atoms with Crippen LogP contribution in [-0.2, 0) is 15.8 Å². The molecule has 168 valence electrons. The summed E-state index contributed by atoms with van der Waals surface area (Å²) < 4.78 is 27.5. The third-order valence-electron chi connectivity index (χ3n) is 5.53. The summed E-state index contributed by atoms with van der Waals surface area (Å²) in [7, 11) is -3.62. The Morgan fingerprint density at radius 2 is 1.71 bits per heavy atom. The topological polar surface area (TPSA) is 69.7 Å². The third-order valence-corrected chi connectivity index (χ3v) is 8.20. The fourth-order valence-electron chi connectivity index (χ4n) is 3.84. The molecule has 0 unspecified atom stereocenters. The first-order valence-electron chi connectivity index (χ1n) is 10.7. The van der Waals surface area contributed by atoms with Crippen LogP contribution in [0.25, 0.3) is 0 Å². The van der Waals surface area contributed by atoms with E-state index >= 15 is 0 Å². The number of benzene rings is 2. The number of sulfonamides is 1. The summed E-state index contributed by atoms with van der Waals surface area (Å²) in [5.74, 6) is 0.653. The lowest BCUT2D eigenvalue weighted by Gasteiger charge is -2.24. The zero-order chi connectivity index (χ0) is 22.4. The molecule has 1 aliphatic heterocycles. The van der Waals surface area contributed by atoms with Crippen molar-refractivity contribution in [2.24, 2.45) is 0 Å². The highest BCUT2D eigenvalue weighted by atomic mass is 32.2. The molecule has 3 rings (SSSR count). The summed E-state index contributed by atoms with van der Waals surface area (Å²) in [4.78, 5) is 15.4. The zero-order valence-corrected chi connectivity index (χ0v) is 20.1. The monoisotopic (exact) mass is 461 g/mol. The predicted octanol–water partition coefficient (Wildman–Crippen LogP) is 4.43. The predicted molar refractivity (Wildman–Crippen MR) is 130 cm³/mol. The highest BCUT2D eigenvalue weighted by Gasteiger charge is 2.25. The molecule has 2 aromatic carbocycles. The Kier molecular flexibility index (Phi) is 8.02. The van der Waals surface area contributed by atoms with Gasteiger partial charge in [0, 0.05) is 37.5 Å². The van der Waals surface area contributed by atoms with Crippen molar-refractivity contribution in [2.45, 2.75) is 37.3 Å². The van der Waals surface area contributed by atoms with Gasteiger partial charge >= 0.3 is 0 Å². The molecule has 0 saturated carbocycles. The summed E-state index contributed by atoms with van der Waals surface area (Å²) in [5, 5.41) is 2.97. The lowest BCUT2D eigenvalue weighted by Crippen LogP contribution is -2.31. The fourth-order valence-corrected chi connectivity index (χ4v) is 5.85. The van der Waals surface area contributed by atoms with Crippen molar-refractivity contribution in [3.8, 4) is 0 Å². The van der Waals surface area contributed by atoms with Gasteiger partial charge in [0.2, 0.25) is 10.0 Å².